The second kappa shape index (κ2) is 7.54. The highest BCUT2D eigenvalue weighted by atomic mass is 35.5. The van der Waals surface area contributed by atoms with E-state index in [1.54, 1.807) is 7.11 Å². The maximum atomic E-state index is 6.52. The van der Waals surface area contributed by atoms with Crippen LogP contribution in [0.25, 0.3) is 10.8 Å². The molecular formula is C18H23ClO. The highest BCUT2D eigenvalue weighted by Gasteiger charge is 2.08. The van der Waals surface area contributed by atoms with Crippen LogP contribution in [0.1, 0.15) is 50.0 Å². The average molecular weight is 291 g/mol. The number of unbranched alkanes of at least 4 members (excludes halogenated alkanes) is 3. The van der Waals surface area contributed by atoms with Gasteiger partial charge in [0.2, 0.25) is 0 Å². The van der Waals surface area contributed by atoms with Crippen molar-refractivity contribution in [3.63, 3.8) is 0 Å². The van der Waals surface area contributed by atoms with E-state index in [4.69, 9.17) is 16.3 Å². The van der Waals surface area contributed by atoms with Crippen LogP contribution in [-0.4, -0.2) is 7.11 Å². The lowest BCUT2D eigenvalue weighted by Gasteiger charge is -2.11. The van der Waals surface area contributed by atoms with Crippen molar-refractivity contribution in [2.45, 2.75) is 44.4 Å². The Bertz CT molecular complexity index is 550. The Morgan fingerprint density at radius 3 is 2.50 bits per heavy atom. The van der Waals surface area contributed by atoms with Crippen LogP contribution < -0.4 is 4.74 Å². The number of hydrogen-bond acceptors (Lipinski definition) is 1. The molecule has 0 saturated carbocycles. The molecule has 0 aliphatic heterocycles. The number of halogens is 1. The molecule has 108 valence electrons. The minimum absolute atomic E-state index is 0.123. The van der Waals surface area contributed by atoms with E-state index in [0.717, 1.165) is 12.2 Å². The lowest BCUT2D eigenvalue weighted by atomic mass is 10.0. The summed E-state index contributed by atoms with van der Waals surface area (Å²) >= 11 is 6.52. The van der Waals surface area contributed by atoms with Crippen molar-refractivity contribution in [1.82, 2.24) is 0 Å². The zero-order valence-corrected chi connectivity index (χ0v) is 13.1. The molecular weight excluding hydrogens is 268 g/mol. The fourth-order valence-corrected chi connectivity index (χ4v) is 2.77. The summed E-state index contributed by atoms with van der Waals surface area (Å²) in [7, 11) is 1.70. The third-order valence-electron chi connectivity index (χ3n) is 3.74. The molecule has 1 unspecified atom stereocenters. The Kier molecular flexibility index (Phi) is 5.72. The highest BCUT2D eigenvalue weighted by Crippen LogP contribution is 2.30. The lowest BCUT2D eigenvalue weighted by Crippen LogP contribution is -1.91. The minimum atomic E-state index is 0.123. The molecule has 20 heavy (non-hydrogen) atoms. The Hall–Kier alpha value is -1.21. The maximum absolute atomic E-state index is 6.52. The van der Waals surface area contributed by atoms with Gasteiger partial charge in [-0.25, -0.2) is 0 Å². The fraction of sp³-hybridized carbons (Fsp3) is 0.444. The van der Waals surface area contributed by atoms with Gasteiger partial charge in [0.25, 0.3) is 0 Å². The van der Waals surface area contributed by atoms with Crippen LogP contribution in [0.15, 0.2) is 36.4 Å². The number of benzene rings is 2. The Labute approximate surface area is 126 Å². The largest absolute Gasteiger partial charge is 0.497 e. The van der Waals surface area contributed by atoms with Crippen molar-refractivity contribution in [3.8, 4) is 5.75 Å². The van der Waals surface area contributed by atoms with E-state index in [1.807, 2.05) is 6.07 Å². The third kappa shape index (κ3) is 3.89. The predicted octanol–water partition coefficient (Wildman–Crippen LogP) is 6.10. The van der Waals surface area contributed by atoms with Gasteiger partial charge in [-0.05, 0) is 41.0 Å². The molecule has 1 nitrogen and oxygen atoms in total. The number of rotatable bonds is 7. The normalized spacial score (nSPS) is 12.6. The standard InChI is InChI=1S/C18H23ClO/c1-3-4-5-6-7-18(19)16-9-8-15-13-17(20-2)11-10-14(15)12-16/h8-13,18H,3-7H2,1-2H3. The van der Waals surface area contributed by atoms with Gasteiger partial charge in [-0.2, -0.15) is 0 Å². The monoisotopic (exact) mass is 290 g/mol. The SMILES string of the molecule is CCCCCCC(Cl)c1ccc2cc(OC)ccc2c1. The van der Waals surface area contributed by atoms with Crippen molar-refractivity contribution in [1.29, 1.82) is 0 Å². The second-order valence-electron chi connectivity index (χ2n) is 5.29. The molecule has 0 fully saturated rings. The topological polar surface area (TPSA) is 9.23 Å². The molecule has 0 amide bonds. The predicted molar refractivity (Wildman–Crippen MR) is 87.9 cm³/mol. The van der Waals surface area contributed by atoms with Crippen molar-refractivity contribution in [3.05, 3.63) is 42.0 Å². The van der Waals surface area contributed by atoms with E-state index in [1.165, 1.54) is 42.0 Å². The number of alkyl halides is 1. The Morgan fingerprint density at radius 2 is 1.75 bits per heavy atom. The van der Waals surface area contributed by atoms with E-state index < -0.39 is 0 Å². The fourth-order valence-electron chi connectivity index (χ4n) is 2.48. The number of ether oxygens (including phenoxy) is 1. The van der Waals surface area contributed by atoms with Crippen LogP contribution in [0.5, 0.6) is 5.75 Å². The molecule has 2 heteroatoms. The van der Waals surface area contributed by atoms with Crippen molar-refractivity contribution < 1.29 is 4.74 Å². The number of methoxy groups -OCH3 is 1. The highest BCUT2D eigenvalue weighted by molar-refractivity contribution is 6.20. The average Bonchev–Trinajstić information content (AvgIpc) is 2.50. The molecule has 0 spiro atoms. The van der Waals surface area contributed by atoms with E-state index in [0.29, 0.717) is 0 Å². The zero-order chi connectivity index (χ0) is 14.4. The van der Waals surface area contributed by atoms with Crippen LogP contribution in [0.4, 0.5) is 0 Å². The summed E-state index contributed by atoms with van der Waals surface area (Å²) in [6, 6.07) is 12.6. The summed E-state index contributed by atoms with van der Waals surface area (Å²) in [6.45, 7) is 2.23. The van der Waals surface area contributed by atoms with Crippen LogP contribution in [0, 0.1) is 0 Å². The molecule has 0 bridgehead atoms. The molecule has 0 aliphatic carbocycles. The molecule has 0 heterocycles. The van der Waals surface area contributed by atoms with Gasteiger partial charge in [0.1, 0.15) is 5.75 Å². The van der Waals surface area contributed by atoms with Gasteiger partial charge in [0.15, 0.2) is 0 Å². The molecule has 0 saturated heterocycles. The first-order valence-electron chi connectivity index (χ1n) is 7.46. The van der Waals surface area contributed by atoms with Gasteiger partial charge in [0, 0.05) is 0 Å². The summed E-state index contributed by atoms with van der Waals surface area (Å²) in [5.41, 5.74) is 1.22. The lowest BCUT2D eigenvalue weighted by molar-refractivity contribution is 0.415. The van der Waals surface area contributed by atoms with E-state index >= 15 is 0 Å². The van der Waals surface area contributed by atoms with Crippen molar-refractivity contribution in [2.75, 3.05) is 7.11 Å². The summed E-state index contributed by atoms with van der Waals surface area (Å²) in [4.78, 5) is 0. The summed E-state index contributed by atoms with van der Waals surface area (Å²) in [5.74, 6) is 0.896. The van der Waals surface area contributed by atoms with Gasteiger partial charge < -0.3 is 4.74 Å². The first kappa shape index (κ1) is 15.2. The Morgan fingerprint density at radius 1 is 1.00 bits per heavy atom. The second-order valence-corrected chi connectivity index (χ2v) is 5.82. The van der Waals surface area contributed by atoms with Crippen molar-refractivity contribution in [2.24, 2.45) is 0 Å². The summed E-state index contributed by atoms with van der Waals surface area (Å²) in [6.07, 6.45) is 6.13. The quantitative estimate of drug-likeness (QED) is 0.442. The molecule has 0 aliphatic rings. The van der Waals surface area contributed by atoms with Gasteiger partial charge in [-0.15, -0.1) is 11.6 Å². The molecule has 2 aromatic rings. The van der Waals surface area contributed by atoms with Gasteiger partial charge in [-0.3, -0.25) is 0 Å². The van der Waals surface area contributed by atoms with Crippen molar-refractivity contribution >= 4 is 22.4 Å². The van der Waals surface area contributed by atoms with Crippen LogP contribution >= 0.6 is 11.6 Å². The summed E-state index contributed by atoms with van der Waals surface area (Å²) in [5, 5.41) is 2.55. The number of hydrogen-bond donors (Lipinski definition) is 0. The van der Waals surface area contributed by atoms with Crippen LogP contribution in [0.2, 0.25) is 0 Å². The molecule has 2 aromatic carbocycles. The smallest absolute Gasteiger partial charge is 0.119 e. The molecule has 0 N–H and O–H groups in total. The van der Waals surface area contributed by atoms with E-state index in [2.05, 4.69) is 37.3 Å². The van der Waals surface area contributed by atoms with E-state index in [-0.39, 0.29) is 5.38 Å². The van der Waals surface area contributed by atoms with E-state index in [9.17, 15) is 0 Å². The number of fused-ring (bicyclic) bond motifs is 1. The maximum Gasteiger partial charge on any atom is 0.119 e. The van der Waals surface area contributed by atoms with Gasteiger partial charge >= 0.3 is 0 Å². The van der Waals surface area contributed by atoms with Crippen LogP contribution in [0.3, 0.4) is 0 Å². The Balaban J connectivity index is 2.07. The van der Waals surface area contributed by atoms with Crippen LogP contribution in [-0.2, 0) is 0 Å². The third-order valence-corrected chi connectivity index (χ3v) is 4.21. The first-order chi connectivity index (χ1) is 9.74. The molecule has 0 radical (unpaired) electrons. The molecule has 2 rings (SSSR count). The van der Waals surface area contributed by atoms with Gasteiger partial charge in [0.05, 0.1) is 12.5 Å². The zero-order valence-electron chi connectivity index (χ0n) is 12.4. The summed E-state index contributed by atoms with van der Waals surface area (Å²) < 4.78 is 5.25. The minimum Gasteiger partial charge on any atom is -0.497 e. The first-order valence-corrected chi connectivity index (χ1v) is 7.90. The molecule has 1 atom stereocenters. The molecule has 0 aromatic heterocycles. The van der Waals surface area contributed by atoms with Gasteiger partial charge in [-0.1, -0.05) is 50.8 Å².